The summed E-state index contributed by atoms with van der Waals surface area (Å²) in [4.78, 5) is 15.7. The number of aromatic nitrogens is 2. The topological polar surface area (TPSA) is 64.4 Å². The van der Waals surface area contributed by atoms with Crippen molar-refractivity contribution in [3.63, 3.8) is 0 Å². The van der Waals surface area contributed by atoms with Crippen LogP contribution in [0.1, 0.15) is 40.9 Å². The third kappa shape index (κ3) is 4.51. The van der Waals surface area contributed by atoms with Gasteiger partial charge in [-0.05, 0) is 79.9 Å². The van der Waals surface area contributed by atoms with Crippen LogP contribution in [-0.2, 0) is 0 Å². The molecular weight excluding hydrogens is 388 g/mol. The van der Waals surface area contributed by atoms with Gasteiger partial charge >= 0.3 is 5.97 Å². The number of carboxylic acids is 1. The van der Waals surface area contributed by atoms with Crippen molar-refractivity contribution < 1.29 is 14.6 Å². The van der Waals surface area contributed by atoms with E-state index in [0.717, 1.165) is 39.2 Å². The Balaban J connectivity index is 1.57. The van der Waals surface area contributed by atoms with Crippen molar-refractivity contribution >= 4 is 29.2 Å². The minimum Gasteiger partial charge on any atom is -0.491 e. The van der Waals surface area contributed by atoms with E-state index in [1.54, 1.807) is 13.0 Å². The normalized spacial score (nSPS) is 11.5. The predicted octanol–water partition coefficient (Wildman–Crippen LogP) is 5.99. The van der Waals surface area contributed by atoms with E-state index >= 15 is 0 Å². The standard InChI is InChI=1S/C26H24N2O3/c1-17(2)31-22-10-8-21(9-11-22)28-16-27-24-15-20(7-13-25(24)28)5-4-19-6-12-23(26(29)30)18(3)14-19/h4-17H,1-3H3,(H,29,30)/b5-4-. The van der Waals surface area contributed by atoms with Crippen LogP contribution in [0.4, 0.5) is 0 Å². The van der Waals surface area contributed by atoms with Gasteiger partial charge in [0.05, 0.1) is 22.7 Å². The molecule has 4 aromatic rings. The summed E-state index contributed by atoms with van der Waals surface area (Å²) < 4.78 is 7.77. The molecule has 0 aliphatic rings. The van der Waals surface area contributed by atoms with E-state index in [1.165, 1.54) is 0 Å². The summed E-state index contributed by atoms with van der Waals surface area (Å²) in [6.45, 7) is 5.83. The average molecular weight is 412 g/mol. The minimum atomic E-state index is -0.906. The molecule has 0 radical (unpaired) electrons. The quantitative estimate of drug-likeness (QED) is 0.395. The van der Waals surface area contributed by atoms with Crippen LogP contribution in [0.2, 0.25) is 0 Å². The Morgan fingerprint density at radius 1 is 1.00 bits per heavy atom. The fourth-order valence-electron chi connectivity index (χ4n) is 3.52. The first-order valence-corrected chi connectivity index (χ1v) is 10.2. The number of hydrogen-bond donors (Lipinski definition) is 1. The number of imidazole rings is 1. The van der Waals surface area contributed by atoms with Crippen LogP contribution in [0, 0.1) is 6.92 Å². The number of carboxylic acid groups (broad SMARTS) is 1. The maximum absolute atomic E-state index is 11.2. The van der Waals surface area contributed by atoms with E-state index in [-0.39, 0.29) is 6.10 Å². The molecule has 0 aliphatic carbocycles. The Kier molecular flexibility index (Phi) is 5.58. The van der Waals surface area contributed by atoms with Crippen LogP contribution in [0.5, 0.6) is 5.75 Å². The molecule has 1 aromatic heterocycles. The molecule has 156 valence electrons. The molecule has 0 saturated heterocycles. The molecule has 3 aromatic carbocycles. The zero-order valence-electron chi connectivity index (χ0n) is 17.7. The van der Waals surface area contributed by atoms with Gasteiger partial charge in [-0.2, -0.15) is 0 Å². The highest BCUT2D eigenvalue weighted by Crippen LogP contribution is 2.23. The van der Waals surface area contributed by atoms with Crippen molar-refractivity contribution in [2.45, 2.75) is 26.9 Å². The molecule has 0 unspecified atom stereocenters. The number of benzene rings is 3. The number of fused-ring (bicyclic) bond motifs is 1. The maximum atomic E-state index is 11.2. The first-order chi connectivity index (χ1) is 14.9. The summed E-state index contributed by atoms with van der Waals surface area (Å²) in [7, 11) is 0. The van der Waals surface area contributed by atoms with Gasteiger partial charge < -0.3 is 9.84 Å². The summed E-state index contributed by atoms with van der Waals surface area (Å²) in [5.74, 6) is -0.0571. The third-order valence-electron chi connectivity index (χ3n) is 5.01. The Bertz CT molecular complexity index is 1270. The molecule has 4 rings (SSSR count). The average Bonchev–Trinajstić information content (AvgIpc) is 3.15. The van der Waals surface area contributed by atoms with Crippen molar-refractivity contribution in [2.24, 2.45) is 0 Å². The minimum absolute atomic E-state index is 0.144. The smallest absolute Gasteiger partial charge is 0.335 e. The van der Waals surface area contributed by atoms with Crippen molar-refractivity contribution in [2.75, 3.05) is 0 Å². The van der Waals surface area contributed by atoms with Gasteiger partial charge in [-0.1, -0.05) is 30.4 Å². The largest absolute Gasteiger partial charge is 0.491 e. The lowest BCUT2D eigenvalue weighted by Gasteiger charge is -2.10. The van der Waals surface area contributed by atoms with E-state index in [9.17, 15) is 4.79 Å². The first kappa shape index (κ1) is 20.4. The maximum Gasteiger partial charge on any atom is 0.335 e. The van der Waals surface area contributed by atoms with Gasteiger partial charge in [-0.15, -0.1) is 0 Å². The van der Waals surface area contributed by atoms with Gasteiger partial charge in [0.25, 0.3) is 0 Å². The molecule has 5 nitrogen and oxygen atoms in total. The summed E-state index contributed by atoms with van der Waals surface area (Å²) in [6.07, 6.45) is 5.95. The van der Waals surface area contributed by atoms with Gasteiger partial charge in [-0.25, -0.2) is 9.78 Å². The third-order valence-corrected chi connectivity index (χ3v) is 5.01. The van der Waals surface area contributed by atoms with E-state index in [0.29, 0.717) is 5.56 Å². The molecule has 1 heterocycles. The molecule has 0 amide bonds. The SMILES string of the molecule is Cc1cc(/C=C\c2ccc3c(c2)ncn3-c2ccc(OC(C)C)cc2)ccc1C(=O)O. The predicted molar refractivity (Wildman–Crippen MR) is 124 cm³/mol. The van der Waals surface area contributed by atoms with Crippen molar-refractivity contribution in [1.29, 1.82) is 0 Å². The molecular formula is C26H24N2O3. The Hall–Kier alpha value is -3.86. The lowest BCUT2D eigenvalue weighted by Crippen LogP contribution is -2.05. The van der Waals surface area contributed by atoms with Crippen LogP contribution in [0.15, 0.2) is 67.0 Å². The Morgan fingerprint density at radius 3 is 2.32 bits per heavy atom. The number of hydrogen-bond acceptors (Lipinski definition) is 3. The highest BCUT2D eigenvalue weighted by atomic mass is 16.5. The zero-order valence-corrected chi connectivity index (χ0v) is 17.7. The van der Waals surface area contributed by atoms with Crippen molar-refractivity contribution in [1.82, 2.24) is 9.55 Å². The Labute approximate surface area is 181 Å². The molecule has 0 aliphatic heterocycles. The van der Waals surface area contributed by atoms with Crippen LogP contribution in [0.3, 0.4) is 0 Å². The van der Waals surface area contributed by atoms with Gasteiger partial charge in [-0.3, -0.25) is 4.57 Å². The monoisotopic (exact) mass is 412 g/mol. The molecule has 0 fully saturated rings. The van der Waals surface area contributed by atoms with Crippen LogP contribution >= 0.6 is 0 Å². The summed E-state index contributed by atoms with van der Waals surface area (Å²) in [6, 6.07) is 19.5. The number of nitrogens with zero attached hydrogens (tertiary/aromatic N) is 2. The van der Waals surface area contributed by atoms with E-state index in [2.05, 4.69) is 15.6 Å². The Morgan fingerprint density at radius 2 is 1.68 bits per heavy atom. The number of carbonyl (C=O) groups is 1. The summed E-state index contributed by atoms with van der Waals surface area (Å²) >= 11 is 0. The van der Waals surface area contributed by atoms with Crippen molar-refractivity contribution in [3.05, 3.63) is 89.2 Å². The van der Waals surface area contributed by atoms with Crippen LogP contribution < -0.4 is 4.74 Å². The molecule has 0 atom stereocenters. The number of rotatable bonds is 6. The van der Waals surface area contributed by atoms with Gasteiger partial charge in [0.1, 0.15) is 12.1 Å². The second-order valence-corrected chi connectivity index (χ2v) is 7.74. The highest BCUT2D eigenvalue weighted by molar-refractivity contribution is 5.90. The summed E-state index contributed by atoms with van der Waals surface area (Å²) in [5, 5.41) is 9.16. The van der Waals surface area contributed by atoms with E-state index in [4.69, 9.17) is 9.84 Å². The number of aryl methyl sites for hydroxylation is 1. The fraction of sp³-hybridized carbons (Fsp3) is 0.154. The second-order valence-electron chi connectivity index (χ2n) is 7.74. The van der Waals surface area contributed by atoms with Crippen LogP contribution in [0.25, 0.3) is 28.9 Å². The van der Waals surface area contributed by atoms with Gasteiger partial charge in [0, 0.05) is 5.69 Å². The van der Waals surface area contributed by atoms with E-state index in [1.807, 2.05) is 80.9 Å². The van der Waals surface area contributed by atoms with Gasteiger partial charge in [0.15, 0.2) is 0 Å². The van der Waals surface area contributed by atoms with E-state index < -0.39 is 5.97 Å². The molecule has 0 saturated carbocycles. The van der Waals surface area contributed by atoms with Crippen LogP contribution in [-0.4, -0.2) is 26.7 Å². The molecule has 1 N–H and O–H groups in total. The summed E-state index contributed by atoms with van der Waals surface area (Å²) in [5.41, 5.74) is 6.01. The lowest BCUT2D eigenvalue weighted by molar-refractivity contribution is 0.0696. The molecule has 0 spiro atoms. The zero-order chi connectivity index (χ0) is 22.0. The number of aromatic carboxylic acids is 1. The molecule has 5 heteroatoms. The number of ether oxygens (including phenoxy) is 1. The lowest BCUT2D eigenvalue weighted by atomic mass is 10.0. The molecule has 31 heavy (non-hydrogen) atoms. The molecule has 0 bridgehead atoms. The first-order valence-electron chi connectivity index (χ1n) is 10.2. The fourth-order valence-corrected chi connectivity index (χ4v) is 3.52. The second kappa shape index (κ2) is 8.48. The van der Waals surface area contributed by atoms with Gasteiger partial charge in [0.2, 0.25) is 0 Å². The highest BCUT2D eigenvalue weighted by Gasteiger charge is 2.07. The van der Waals surface area contributed by atoms with Crippen molar-refractivity contribution in [3.8, 4) is 11.4 Å².